The quantitative estimate of drug-likeness (QED) is 0.416. The van der Waals surface area contributed by atoms with Gasteiger partial charge in [0.05, 0.1) is 0 Å². The third-order valence-electron chi connectivity index (χ3n) is 3.70. The van der Waals surface area contributed by atoms with E-state index >= 15 is 0 Å². The van der Waals surface area contributed by atoms with Crippen LogP contribution in [0.25, 0.3) is 0 Å². The fourth-order valence-corrected chi connectivity index (χ4v) is 2.40. The number of carboxylic acid groups (broad SMARTS) is 1. The molecule has 0 saturated heterocycles. The van der Waals surface area contributed by atoms with Crippen LogP contribution in [-0.2, 0) is 16.0 Å². The topological polar surface area (TPSA) is 57.6 Å². The number of nitrogens with zero attached hydrogens (tertiary/aromatic N) is 1. The van der Waals surface area contributed by atoms with Crippen molar-refractivity contribution in [1.29, 1.82) is 0 Å². The average Bonchev–Trinajstić information content (AvgIpc) is 2.60. The summed E-state index contributed by atoms with van der Waals surface area (Å²) in [7, 11) is 1.91. The third-order valence-corrected chi connectivity index (χ3v) is 3.70. The highest BCUT2D eigenvalue weighted by atomic mass is 16.3. The summed E-state index contributed by atoms with van der Waals surface area (Å²) in [5.74, 6) is 0.198. The summed E-state index contributed by atoms with van der Waals surface area (Å²) in [5, 5.41) is 6.89. The monoisotopic (exact) mass is 333 g/mol. The SMILES string of the molecule is CC/C=C(/CCCCC)C(=O)N(C)CCc1ccccc1.O=CO. The number of carbonyl (C=O) groups is 2. The minimum atomic E-state index is -0.250. The van der Waals surface area contributed by atoms with E-state index in [1.807, 2.05) is 30.1 Å². The van der Waals surface area contributed by atoms with Gasteiger partial charge in [0.2, 0.25) is 5.91 Å². The van der Waals surface area contributed by atoms with E-state index < -0.39 is 0 Å². The molecule has 0 atom stereocenters. The first kappa shape index (κ1) is 21.9. The molecule has 4 nitrogen and oxygen atoms in total. The van der Waals surface area contributed by atoms with Crippen molar-refractivity contribution in [2.45, 2.75) is 52.4 Å². The molecule has 0 radical (unpaired) electrons. The van der Waals surface area contributed by atoms with Crippen molar-refractivity contribution < 1.29 is 14.7 Å². The van der Waals surface area contributed by atoms with Gasteiger partial charge in [-0.3, -0.25) is 9.59 Å². The van der Waals surface area contributed by atoms with E-state index in [0.29, 0.717) is 0 Å². The Morgan fingerprint density at radius 2 is 1.79 bits per heavy atom. The van der Waals surface area contributed by atoms with Gasteiger partial charge in [0, 0.05) is 19.2 Å². The maximum Gasteiger partial charge on any atom is 0.290 e. The highest BCUT2D eigenvalue weighted by molar-refractivity contribution is 5.93. The number of benzene rings is 1. The van der Waals surface area contributed by atoms with Crippen molar-refractivity contribution in [3.8, 4) is 0 Å². The number of carbonyl (C=O) groups excluding carboxylic acids is 1. The second-order valence-electron chi connectivity index (χ2n) is 5.66. The summed E-state index contributed by atoms with van der Waals surface area (Å²) in [6, 6.07) is 10.3. The summed E-state index contributed by atoms with van der Waals surface area (Å²) in [6.07, 6.45) is 8.35. The zero-order valence-corrected chi connectivity index (χ0v) is 15.2. The maximum absolute atomic E-state index is 12.5. The van der Waals surface area contributed by atoms with Crippen molar-refractivity contribution >= 4 is 12.4 Å². The van der Waals surface area contributed by atoms with Gasteiger partial charge in [0.1, 0.15) is 0 Å². The zero-order valence-electron chi connectivity index (χ0n) is 15.2. The number of hydrogen-bond acceptors (Lipinski definition) is 2. The molecule has 0 aliphatic carbocycles. The van der Waals surface area contributed by atoms with Crippen molar-refractivity contribution in [1.82, 2.24) is 4.90 Å². The van der Waals surface area contributed by atoms with Gasteiger partial charge in [-0.1, -0.05) is 63.1 Å². The lowest BCUT2D eigenvalue weighted by Crippen LogP contribution is -2.30. The van der Waals surface area contributed by atoms with E-state index in [2.05, 4.69) is 32.1 Å². The smallest absolute Gasteiger partial charge is 0.290 e. The number of rotatable bonds is 9. The predicted octanol–water partition coefficient (Wildman–Crippen LogP) is 4.31. The number of amides is 1. The first-order chi connectivity index (χ1) is 11.6. The molecule has 0 heterocycles. The van der Waals surface area contributed by atoms with Crippen LogP contribution in [0.4, 0.5) is 0 Å². The van der Waals surface area contributed by atoms with Gasteiger partial charge in [-0.05, 0) is 31.2 Å². The molecule has 0 aromatic heterocycles. The fraction of sp³-hybridized carbons (Fsp3) is 0.500. The Labute approximate surface area is 146 Å². The Balaban J connectivity index is 0.00000163. The molecule has 0 spiro atoms. The Bertz CT molecular complexity index is 483. The molecule has 4 heteroatoms. The first-order valence-corrected chi connectivity index (χ1v) is 8.66. The van der Waals surface area contributed by atoms with Gasteiger partial charge in [-0.2, -0.15) is 0 Å². The summed E-state index contributed by atoms with van der Waals surface area (Å²) >= 11 is 0. The van der Waals surface area contributed by atoms with Crippen LogP contribution < -0.4 is 0 Å². The van der Waals surface area contributed by atoms with Crippen molar-refractivity contribution in [3.63, 3.8) is 0 Å². The van der Waals surface area contributed by atoms with Crippen LogP contribution in [0.1, 0.15) is 51.5 Å². The lowest BCUT2D eigenvalue weighted by atomic mass is 10.0. The zero-order chi connectivity index (χ0) is 18.2. The molecule has 1 aromatic rings. The molecule has 0 aliphatic rings. The summed E-state index contributed by atoms with van der Waals surface area (Å²) in [4.78, 5) is 22.7. The summed E-state index contributed by atoms with van der Waals surface area (Å²) < 4.78 is 0. The van der Waals surface area contributed by atoms with E-state index in [1.54, 1.807) is 0 Å². The van der Waals surface area contributed by atoms with Gasteiger partial charge in [0.25, 0.3) is 6.47 Å². The lowest BCUT2D eigenvalue weighted by molar-refractivity contribution is -0.126. The molecule has 1 aromatic carbocycles. The van der Waals surface area contributed by atoms with E-state index in [0.717, 1.165) is 37.8 Å². The normalized spacial score (nSPS) is 10.5. The first-order valence-electron chi connectivity index (χ1n) is 8.66. The van der Waals surface area contributed by atoms with Crippen LogP contribution >= 0.6 is 0 Å². The molecule has 0 saturated carbocycles. The molecule has 24 heavy (non-hydrogen) atoms. The molecular weight excluding hydrogens is 302 g/mol. The summed E-state index contributed by atoms with van der Waals surface area (Å²) in [6.45, 7) is 4.81. The molecule has 0 bridgehead atoms. The van der Waals surface area contributed by atoms with Crippen LogP contribution in [0.3, 0.4) is 0 Å². The molecule has 0 aliphatic heterocycles. The molecule has 0 unspecified atom stereocenters. The highest BCUT2D eigenvalue weighted by Gasteiger charge is 2.13. The van der Waals surface area contributed by atoms with Gasteiger partial charge < -0.3 is 10.0 Å². The standard InChI is InChI=1S/C19H29NO.CH2O2/c1-4-6-8-14-18(11-5-2)19(21)20(3)16-15-17-12-9-7-10-13-17;2-1-3/h7,9-13H,4-6,8,14-16H2,1-3H3;1H,(H,2,3)/b18-11-;. The molecular formula is C20H31NO3. The molecule has 1 rings (SSSR count). The van der Waals surface area contributed by atoms with E-state index in [1.165, 1.54) is 18.4 Å². The molecule has 0 fully saturated rings. The lowest BCUT2D eigenvalue weighted by Gasteiger charge is -2.19. The van der Waals surface area contributed by atoms with Crippen LogP contribution in [0.5, 0.6) is 0 Å². The van der Waals surface area contributed by atoms with Gasteiger partial charge in [-0.15, -0.1) is 0 Å². The molecule has 1 amide bonds. The second kappa shape index (κ2) is 14.5. The molecule has 134 valence electrons. The van der Waals surface area contributed by atoms with Crippen molar-refractivity contribution in [2.75, 3.05) is 13.6 Å². The van der Waals surface area contributed by atoms with Crippen molar-refractivity contribution in [3.05, 3.63) is 47.5 Å². The van der Waals surface area contributed by atoms with E-state index in [9.17, 15) is 4.79 Å². The van der Waals surface area contributed by atoms with Gasteiger partial charge in [0.15, 0.2) is 0 Å². The Kier molecular flexibility index (Phi) is 13.2. The minimum absolute atomic E-state index is 0.198. The number of unbranched alkanes of at least 4 members (excludes halogenated alkanes) is 2. The van der Waals surface area contributed by atoms with Crippen LogP contribution in [0, 0.1) is 0 Å². The van der Waals surface area contributed by atoms with Crippen molar-refractivity contribution in [2.24, 2.45) is 0 Å². The van der Waals surface area contributed by atoms with Gasteiger partial charge >= 0.3 is 0 Å². The second-order valence-corrected chi connectivity index (χ2v) is 5.66. The number of allylic oxidation sites excluding steroid dienone is 1. The number of likely N-dealkylation sites (N-methyl/N-ethyl adjacent to an activating group) is 1. The van der Waals surface area contributed by atoms with E-state index in [-0.39, 0.29) is 12.4 Å². The Morgan fingerprint density at radius 1 is 1.17 bits per heavy atom. The largest absolute Gasteiger partial charge is 0.483 e. The average molecular weight is 333 g/mol. The van der Waals surface area contributed by atoms with E-state index in [4.69, 9.17) is 9.90 Å². The van der Waals surface area contributed by atoms with Crippen LogP contribution in [-0.4, -0.2) is 36.0 Å². The van der Waals surface area contributed by atoms with Gasteiger partial charge in [-0.25, -0.2) is 0 Å². The summed E-state index contributed by atoms with van der Waals surface area (Å²) in [5.41, 5.74) is 2.27. The van der Waals surface area contributed by atoms with Crippen LogP contribution in [0.2, 0.25) is 0 Å². The number of hydrogen-bond donors (Lipinski definition) is 1. The van der Waals surface area contributed by atoms with Crippen LogP contribution in [0.15, 0.2) is 42.0 Å². The third kappa shape index (κ3) is 9.82. The fourth-order valence-electron chi connectivity index (χ4n) is 2.40. The Hall–Kier alpha value is -2.10. The Morgan fingerprint density at radius 3 is 2.33 bits per heavy atom. The minimum Gasteiger partial charge on any atom is -0.483 e. The molecule has 1 N–H and O–H groups in total. The predicted molar refractivity (Wildman–Crippen MR) is 99.0 cm³/mol. The maximum atomic E-state index is 12.5. The highest BCUT2D eigenvalue weighted by Crippen LogP contribution is 2.13.